The Morgan fingerprint density at radius 1 is 1.00 bits per heavy atom. The molecular formula is C12H27NS. The van der Waals surface area contributed by atoms with Crippen LogP contribution in [0.1, 0.15) is 46.5 Å². The normalized spacial score (nSPS) is 13.9. The summed E-state index contributed by atoms with van der Waals surface area (Å²) in [5, 5.41) is 0. The van der Waals surface area contributed by atoms with E-state index >= 15 is 0 Å². The van der Waals surface area contributed by atoms with E-state index in [0.29, 0.717) is 6.04 Å². The van der Waals surface area contributed by atoms with Crippen molar-refractivity contribution in [3.8, 4) is 0 Å². The molecule has 0 amide bonds. The van der Waals surface area contributed by atoms with Gasteiger partial charge >= 0.3 is 0 Å². The molecule has 0 aliphatic carbocycles. The molecule has 1 unspecified atom stereocenters. The Morgan fingerprint density at radius 3 is 2.07 bits per heavy atom. The maximum atomic E-state index is 4.21. The molecule has 0 saturated heterocycles. The largest absolute Gasteiger partial charge is 0.303 e. The lowest BCUT2D eigenvalue weighted by Crippen LogP contribution is -2.33. The highest BCUT2D eigenvalue weighted by molar-refractivity contribution is 7.80. The zero-order chi connectivity index (χ0) is 11.0. The van der Waals surface area contributed by atoms with Crippen molar-refractivity contribution in [1.82, 2.24) is 4.90 Å². The summed E-state index contributed by atoms with van der Waals surface area (Å²) in [5.41, 5.74) is 0. The molecule has 0 aliphatic heterocycles. The first-order valence-electron chi connectivity index (χ1n) is 5.90. The first-order valence-corrected chi connectivity index (χ1v) is 6.54. The molecule has 0 aromatic rings. The van der Waals surface area contributed by atoms with Gasteiger partial charge in [-0.25, -0.2) is 0 Å². The molecule has 0 N–H and O–H groups in total. The second-order valence-electron chi connectivity index (χ2n) is 4.60. The zero-order valence-electron chi connectivity index (χ0n) is 10.3. The Kier molecular flexibility index (Phi) is 8.80. The van der Waals surface area contributed by atoms with E-state index < -0.39 is 0 Å². The van der Waals surface area contributed by atoms with Crippen LogP contribution in [0.3, 0.4) is 0 Å². The zero-order valence-corrected chi connectivity index (χ0v) is 11.2. The van der Waals surface area contributed by atoms with Crippen LogP contribution in [-0.4, -0.2) is 30.3 Å². The Morgan fingerprint density at radius 2 is 1.57 bits per heavy atom. The van der Waals surface area contributed by atoms with Crippen LogP contribution in [0.2, 0.25) is 0 Å². The highest BCUT2D eigenvalue weighted by Crippen LogP contribution is 2.09. The molecule has 1 atom stereocenters. The molecule has 0 bridgehead atoms. The molecule has 0 rings (SSSR count). The van der Waals surface area contributed by atoms with Gasteiger partial charge in [-0.3, -0.25) is 0 Å². The van der Waals surface area contributed by atoms with E-state index in [9.17, 15) is 0 Å². The van der Waals surface area contributed by atoms with E-state index in [1.807, 2.05) is 0 Å². The van der Waals surface area contributed by atoms with Crippen molar-refractivity contribution in [2.24, 2.45) is 5.92 Å². The third kappa shape index (κ3) is 6.72. The van der Waals surface area contributed by atoms with Gasteiger partial charge < -0.3 is 4.90 Å². The first kappa shape index (κ1) is 14.3. The Hall–Kier alpha value is 0.310. The summed E-state index contributed by atoms with van der Waals surface area (Å²) in [4.78, 5) is 2.48. The smallest absolute Gasteiger partial charge is 0.00868 e. The minimum atomic E-state index is 0.708. The van der Waals surface area contributed by atoms with Gasteiger partial charge in [0, 0.05) is 6.04 Å². The summed E-state index contributed by atoms with van der Waals surface area (Å²) in [7, 11) is 2.24. The van der Waals surface area contributed by atoms with Gasteiger partial charge in [0.1, 0.15) is 0 Å². The van der Waals surface area contributed by atoms with E-state index in [1.54, 1.807) is 0 Å². The number of hydrogen-bond acceptors (Lipinski definition) is 2. The van der Waals surface area contributed by atoms with Crippen molar-refractivity contribution in [3.05, 3.63) is 0 Å². The molecule has 0 aliphatic rings. The molecule has 14 heavy (non-hydrogen) atoms. The van der Waals surface area contributed by atoms with Gasteiger partial charge in [-0.15, -0.1) is 0 Å². The van der Waals surface area contributed by atoms with Crippen LogP contribution >= 0.6 is 12.6 Å². The van der Waals surface area contributed by atoms with Crippen molar-refractivity contribution >= 4 is 12.6 Å². The minimum absolute atomic E-state index is 0.708. The molecule has 0 fully saturated rings. The lowest BCUT2D eigenvalue weighted by atomic mass is 10.0. The highest BCUT2D eigenvalue weighted by atomic mass is 32.1. The minimum Gasteiger partial charge on any atom is -0.303 e. The summed E-state index contributed by atoms with van der Waals surface area (Å²) < 4.78 is 0. The molecule has 86 valence electrons. The van der Waals surface area contributed by atoms with Gasteiger partial charge in [0.2, 0.25) is 0 Å². The van der Waals surface area contributed by atoms with Crippen LogP contribution in [0, 0.1) is 5.92 Å². The fourth-order valence-electron chi connectivity index (χ4n) is 1.54. The fraction of sp³-hybridized carbons (Fsp3) is 1.00. The van der Waals surface area contributed by atoms with E-state index in [4.69, 9.17) is 0 Å². The molecular weight excluding hydrogens is 190 g/mol. The molecule has 0 heterocycles. The van der Waals surface area contributed by atoms with Crippen molar-refractivity contribution in [2.75, 3.05) is 19.3 Å². The third-order valence-corrected chi connectivity index (χ3v) is 3.40. The van der Waals surface area contributed by atoms with Crippen molar-refractivity contribution in [3.63, 3.8) is 0 Å². The van der Waals surface area contributed by atoms with E-state index in [0.717, 1.165) is 11.7 Å². The van der Waals surface area contributed by atoms with Gasteiger partial charge in [-0.1, -0.05) is 26.7 Å². The van der Waals surface area contributed by atoms with Crippen LogP contribution in [0.25, 0.3) is 0 Å². The molecule has 2 heteroatoms. The van der Waals surface area contributed by atoms with Crippen molar-refractivity contribution in [1.29, 1.82) is 0 Å². The van der Waals surface area contributed by atoms with Gasteiger partial charge in [-0.05, 0) is 45.0 Å². The number of rotatable bonds is 8. The summed E-state index contributed by atoms with van der Waals surface area (Å²) in [5.74, 6) is 1.80. The number of hydrogen-bond donors (Lipinski definition) is 1. The molecule has 1 nitrogen and oxygen atoms in total. The average Bonchev–Trinajstić information content (AvgIpc) is 2.16. The number of thiol groups is 1. The number of nitrogens with zero attached hydrogens (tertiary/aromatic N) is 1. The first-order chi connectivity index (χ1) is 6.59. The maximum absolute atomic E-state index is 4.21. The summed E-state index contributed by atoms with van der Waals surface area (Å²) >= 11 is 4.21. The van der Waals surface area contributed by atoms with Crippen molar-refractivity contribution in [2.45, 2.75) is 52.5 Å². The Bertz CT molecular complexity index is 125. The summed E-state index contributed by atoms with van der Waals surface area (Å²) in [6, 6.07) is 0.708. The second kappa shape index (κ2) is 8.60. The van der Waals surface area contributed by atoms with Crippen LogP contribution in [0.5, 0.6) is 0 Å². The fourth-order valence-corrected chi connectivity index (χ4v) is 1.76. The van der Waals surface area contributed by atoms with Gasteiger partial charge in [0.15, 0.2) is 0 Å². The van der Waals surface area contributed by atoms with Gasteiger partial charge in [-0.2, -0.15) is 12.6 Å². The predicted octanol–water partition coefficient (Wildman–Crippen LogP) is 3.45. The van der Waals surface area contributed by atoms with Crippen LogP contribution < -0.4 is 0 Å². The molecule has 0 radical (unpaired) electrons. The highest BCUT2D eigenvalue weighted by Gasteiger charge is 2.11. The van der Waals surface area contributed by atoms with E-state index in [1.165, 1.54) is 32.2 Å². The van der Waals surface area contributed by atoms with E-state index in [2.05, 4.69) is 45.3 Å². The van der Waals surface area contributed by atoms with Gasteiger partial charge in [0.25, 0.3) is 0 Å². The van der Waals surface area contributed by atoms with Crippen LogP contribution in [-0.2, 0) is 0 Å². The summed E-state index contributed by atoms with van der Waals surface area (Å²) in [6.07, 6.45) is 5.30. The van der Waals surface area contributed by atoms with Gasteiger partial charge in [0.05, 0.1) is 0 Å². The quantitative estimate of drug-likeness (QED) is 0.481. The van der Waals surface area contributed by atoms with Crippen LogP contribution in [0.4, 0.5) is 0 Å². The number of unbranched alkanes of at least 4 members (excludes halogenated alkanes) is 3. The predicted molar refractivity (Wildman–Crippen MR) is 69.3 cm³/mol. The Balaban J connectivity index is 3.39. The standard InChI is InChI=1S/C12H27NS/c1-11(2)12(3)13(4)9-7-5-6-8-10-14/h11-12,14H,5-10H2,1-4H3. The monoisotopic (exact) mass is 217 g/mol. The molecule has 0 aromatic carbocycles. The topological polar surface area (TPSA) is 3.24 Å². The Labute approximate surface area is 95.7 Å². The average molecular weight is 217 g/mol. The third-order valence-electron chi connectivity index (χ3n) is 3.08. The molecule has 0 saturated carbocycles. The maximum Gasteiger partial charge on any atom is 0.00868 e. The second-order valence-corrected chi connectivity index (χ2v) is 5.05. The lowest BCUT2D eigenvalue weighted by Gasteiger charge is -2.27. The summed E-state index contributed by atoms with van der Waals surface area (Å²) in [6.45, 7) is 8.15. The van der Waals surface area contributed by atoms with Crippen molar-refractivity contribution < 1.29 is 0 Å². The molecule has 0 aromatic heterocycles. The van der Waals surface area contributed by atoms with Crippen LogP contribution in [0.15, 0.2) is 0 Å². The SMILES string of the molecule is CC(C)C(C)N(C)CCCCCCS. The van der Waals surface area contributed by atoms with E-state index in [-0.39, 0.29) is 0 Å². The lowest BCUT2D eigenvalue weighted by molar-refractivity contribution is 0.204. The molecule has 0 spiro atoms.